The van der Waals surface area contributed by atoms with E-state index in [1.807, 2.05) is 24.3 Å². The number of anilines is 1. The Bertz CT molecular complexity index is 580. The van der Waals surface area contributed by atoms with E-state index in [1.165, 1.54) is 17.7 Å². The standard InChI is InChI=1S/C15H15ClN2S2/c16-11-5-7-12(8-6-11)17-15(19)18-9-1-3-13(18)14-4-2-10-20-14/h2,4-8,10,13H,1,3,9H2,(H,17,19)/t13-/m0/s1. The monoisotopic (exact) mass is 322 g/mol. The van der Waals surface area contributed by atoms with Crippen LogP contribution >= 0.6 is 35.2 Å². The minimum atomic E-state index is 0.419. The van der Waals surface area contributed by atoms with Crippen LogP contribution in [0.1, 0.15) is 23.8 Å². The van der Waals surface area contributed by atoms with Gasteiger partial charge in [-0.2, -0.15) is 0 Å². The fourth-order valence-electron chi connectivity index (χ4n) is 2.51. The van der Waals surface area contributed by atoms with Crippen LogP contribution in [0, 0.1) is 0 Å². The molecule has 5 heteroatoms. The summed E-state index contributed by atoms with van der Waals surface area (Å²) in [4.78, 5) is 3.68. The molecule has 3 rings (SSSR count). The highest BCUT2D eigenvalue weighted by Crippen LogP contribution is 2.34. The third kappa shape index (κ3) is 2.97. The van der Waals surface area contributed by atoms with Gasteiger partial charge in [-0.25, -0.2) is 0 Å². The Morgan fingerprint density at radius 2 is 2.10 bits per heavy atom. The topological polar surface area (TPSA) is 15.3 Å². The van der Waals surface area contributed by atoms with Gasteiger partial charge in [0.1, 0.15) is 0 Å². The van der Waals surface area contributed by atoms with Crippen molar-refractivity contribution in [3.8, 4) is 0 Å². The van der Waals surface area contributed by atoms with Gasteiger partial charge in [0.15, 0.2) is 5.11 Å². The largest absolute Gasteiger partial charge is 0.341 e. The van der Waals surface area contributed by atoms with Crippen molar-refractivity contribution in [2.24, 2.45) is 0 Å². The van der Waals surface area contributed by atoms with Gasteiger partial charge in [0.25, 0.3) is 0 Å². The molecule has 2 heterocycles. The van der Waals surface area contributed by atoms with Gasteiger partial charge in [0.2, 0.25) is 0 Å². The zero-order valence-electron chi connectivity index (χ0n) is 10.9. The predicted molar refractivity (Wildman–Crippen MR) is 90.7 cm³/mol. The number of nitrogens with zero attached hydrogens (tertiary/aromatic N) is 1. The van der Waals surface area contributed by atoms with Crippen LogP contribution in [-0.2, 0) is 0 Å². The average Bonchev–Trinajstić information content (AvgIpc) is 3.11. The van der Waals surface area contributed by atoms with Gasteiger partial charge in [0.05, 0.1) is 6.04 Å². The zero-order chi connectivity index (χ0) is 13.9. The van der Waals surface area contributed by atoms with E-state index >= 15 is 0 Å². The highest BCUT2D eigenvalue weighted by Gasteiger charge is 2.28. The third-order valence-electron chi connectivity index (χ3n) is 3.48. The Balaban J connectivity index is 1.71. The van der Waals surface area contributed by atoms with Crippen molar-refractivity contribution < 1.29 is 0 Å². The molecular formula is C15H15ClN2S2. The van der Waals surface area contributed by atoms with Crippen molar-refractivity contribution in [3.63, 3.8) is 0 Å². The summed E-state index contributed by atoms with van der Waals surface area (Å²) in [6, 6.07) is 12.4. The maximum Gasteiger partial charge on any atom is 0.173 e. The number of thiophene rings is 1. The summed E-state index contributed by atoms with van der Waals surface area (Å²) < 4.78 is 0. The van der Waals surface area contributed by atoms with Gasteiger partial charge in [0, 0.05) is 22.1 Å². The summed E-state index contributed by atoms with van der Waals surface area (Å²) in [7, 11) is 0. The van der Waals surface area contributed by atoms with Crippen molar-refractivity contribution in [2.75, 3.05) is 11.9 Å². The van der Waals surface area contributed by atoms with Crippen molar-refractivity contribution >= 4 is 46.0 Å². The molecule has 0 aliphatic carbocycles. The summed E-state index contributed by atoms with van der Waals surface area (Å²) in [6.07, 6.45) is 2.36. The van der Waals surface area contributed by atoms with Gasteiger partial charge in [-0.1, -0.05) is 17.7 Å². The van der Waals surface area contributed by atoms with Crippen molar-refractivity contribution in [1.29, 1.82) is 0 Å². The lowest BCUT2D eigenvalue weighted by atomic mass is 10.2. The first-order chi connectivity index (χ1) is 9.74. The number of hydrogen-bond acceptors (Lipinski definition) is 2. The average molecular weight is 323 g/mol. The Labute approximate surface area is 133 Å². The minimum absolute atomic E-state index is 0.419. The molecule has 2 nitrogen and oxygen atoms in total. The molecule has 1 aliphatic rings. The van der Waals surface area contributed by atoms with Gasteiger partial charge in [-0.05, 0) is 60.8 Å². The molecule has 1 fully saturated rings. The molecule has 0 bridgehead atoms. The van der Waals surface area contributed by atoms with E-state index in [1.54, 1.807) is 11.3 Å². The number of nitrogens with one attached hydrogen (secondary N) is 1. The number of benzene rings is 1. The summed E-state index contributed by atoms with van der Waals surface area (Å²) in [6.45, 7) is 1.02. The van der Waals surface area contributed by atoms with E-state index < -0.39 is 0 Å². The van der Waals surface area contributed by atoms with Crippen molar-refractivity contribution in [1.82, 2.24) is 4.90 Å². The van der Waals surface area contributed by atoms with E-state index in [9.17, 15) is 0 Å². The summed E-state index contributed by atoms with van der Waals surface area (Å²) in [5.41, 5.74) is 0.983. The summed E-state index contributed by atoms with van der Waals surface area (Å²) >= 11 is 13.3. The first kappa shape index (κ1) is 13.9. The first-order valence-electron chi connectivity index (χ1n) is 6.60. The quantitative estimate of drug-likeness (QED) is 0.789. The molecule has 1 aliphatic heterocycles. The highest BCUT2D eigenvalue weighted by atomic mass is 35.5. The molecule has 1 saturated heterocycles. The molecule has 0 saturated carbocycles. The number of halogens is 1. The Morgan fingerprint density at radius 1 is 1.30 bits per heavy atom. The molecule has 104 valence electrons. The second-order valence-electron chi connectivity index (χ2n) is 4.80. The second kappa shape index (κ2) is 6.12. The smallest absolute Gasteiger partial charge is 0.173 e. The van der Waals surface area contributed by atoms with Gasteiger partial charge in [-0.3, -0.25) is 0 Å². The predicted octanol–water partition coefficient (Wildman–Crippen LogP) is 4.94. The number of hydrogen-bond donors (Lipinski definition) is 1. The van der Waals surface area contributed by atoms with Crippen LogP contribution in [0.5, 0.6) is 0 Å². The lowest BCUT2D eigenvalue weighted by Gasteiger charge is -2.27. The van der Waals surface area contributed by atoms with Crippen LogP contribution in [0.25, 0.3) is 0 Å². The van der Waals surface area contributed by atoms with Crippen LogP contribution in [0.4, 0.5) is 5.69 Å². The van der Waals surface area contributed by atoms with Crippen LogP contribution < -0.4 is 5.32 Å². The SMILES string of the molecule is S=C(Nc1ccc(Cl)cc1)N1CCC[C@H]1c1cccs1. The first-order valence-corrected chi connectivity index (χ1v) is 8.27. The molecule has 1 aromatic heterocycles. The van der Waals surface area contributed by atoms with Gasteiger partial charge >= 0.3 is 0 Å². The van der Waals surface area contributed by atoms with Crippen LogP contribution in [0.15, 0.2) is 41.8 Å². The second-order valence-corrected chi connectivity index (χ2v) is 6.61. The fourth-order valence-corrected chi connectivity index (χ4v) is 3.85. The molecule has 1 N–H and O–H groups in total. The lowest BCUT2D eigenvalue weighted by Crippen LogP contribution is -2.33. The molecule has 20 heavy (non-hydrogen) atoms. The Hall–Kier alpha value is -1.10. The van der Waals surface area contributed by atoms with E-state index in [0.717, 1.165) is 22.4 Å². The van der Waals surface area contributed by atoms with Gasteiger partial charge < -0.3 is 10.2 Å². The van der Waals surface area contributed by atoms with Crippen LogP contribution in [0.2, 0.25) is 5.02 Å². The maximum atomic E-state index is 5.90. The molecule has 1 aromatic carbocycles. The molecule has 2 aromatic rings. The molecule has 0 spiro atoms. The molecular weight excluding hydrogens is 308 g/mol. The van der Waals surface area contributed by atoms with E-state index in [2.05, 4.69) is 27.7 Å². The third-order valence-corrected chi connectivity index (χ3v) is 5.04. The van der Waals surface area contributed by atoms with E-state index in [0.29, 0.717) is 6.04 Å². The number of rotatable bonds is 2. The summed E-state index contributed by atoms with van der Waals surface area (Å²) in [5.74, 6) is 0. The Morgan fingerprint density at radius 3 is 2.80 bits per heavy atom. The van der Waals surface area contributed by atoms with Crippen molar-refractivity contribution in [2.45, 2.75) is 18.9 Å². The van der Waals surface area contributed by atoms with E-state index in [4.69, 9.17) is 23.8 Å². The molecule has 1 atom stereocenters. The minimum Gasteiger partial charge on any atom is -0.341 e. The molecule has 0 unspecified atom stereocenters. The van der Waals surface area contributed by atoms with Gasteiger partial charge in [-0.15, -0.1) is 11.3 Å². The van der Waals surface area contributed by atoms with Crippen LogP contribution in [-0.4, -0.2) is 16.6 Å². The van der Waals surface area contributed by atoms with Crippen molar-refractivity contribution in [3.05, 3.63) is 51.7 Å². The molecule has 0 radical (unpaired) electrons. The summed E-state index contributed by atoms with van der Waals surface area (Å²) in [5, 5.41) is 6.96. The number of thiocarbonyl (C=S) groups is 1. The van der Waals surface area contributed by atoms with Crippen LogP contribution in [0.3, 0.4) is 0 Å². The zero-order valence-corrected chi connectivity index (χ0v) is 13.3. The van der Waals surface area contributed by atoms with E-state index in [-0.39, 0.29) is 0 Å². The molecule has 0 amide bonds. The maximum absolute atomic E-state index is 5.90. The number of likely N-dealkylation sites (tertiary alicyclic amines) is 1. The fraction of sp³-hybridized carbons (Fsp3) is 0.267. The lowest BCUT2D eigenvalue weighted by molar-refractivity contribution is 0.412. The highest BCUT2D eigenvalue weighted by molar-refractivity contribution is 7.80. The normalized spacial score (nSPS) is 18.2. The Kier molecular flexibility index (Phi) is 4.24.